The quantitative estimate of drug-likeness (QED) is 0.815. The van der Waals surface area contributed by atoms with E-state index in [-0.39, 0.29) is 18.2 Å². The Morgan fingerprint density at radius 1 is 1.04 bits per heavy atom. The molecule has 0 aliphatic heterocycles. The fraction of sp³-hybridized carbons (Fsp3) is 0.333. The summed E-state index contributed by atoms with van der Waals surface area (Å²) in [5.41, 5.74) is 3.73. The van der Waals surface area contributed by atoms with E-state index in [4.69, 9.17) is 4.74 Å². The number of carbonyl (C=O) groups excluding carboxylic acids is 2. The molecule has 138 valence electrons. The van der Waals surface area contributed by atoms with Crippen LogP contribution in [-0.2, 0) is 9.59 Å². The largest absolute Gasteiger partial charge is 0.494 e. The Labute approximate surface area is 155 Å². The molecule has 5 nitrogen and oxygen atoms in total. The van der Waals surface area contributed by atoms with Gasteiger partial charge in [0.15, 0.2) is 0 Å². The minimum atomic E-state index is -0.118. The van der Waals surface area contributed by atoms with Gasteiger partial charge in [0.2, 0.25) is 11.8 Å². The molecule has 0 aromatic heterocycles. The van der Waals surface area contributed by atoms with E-state index in [2.05, 4.69) is 11.4 Å². The Morgan fingerprint density at radius 2 is 1.65 bits per heavy atom. The summed E-state index contributed by atoms with van der Waals surface area (Å²) in [5, 5.41) is 2.90. The van der Waals surface area contributed by atoms with Crippen molar-refractivity contribution < 1.29 is 14.3 Å². The van der Waals surface area contributed by atoms with Crippen molar-refractivity contribution in [2.45, 2.75) is 34.1 Å². The summed E-state index contributed by atoms with van der Waals surface area (Å²) < 4.78 is 5.42. The Bertz CT molecular complexity index is 749. The molecular weight excluding hydrogens is 328 g/mol. The zero-order valence-electron chi connectivity index (χ0n) is 15.8. The molecule has 0 saturated carbocycles. The van der Waals surface area contributed by atoms with Crippen LogP contribution < -0.4 is 15.0 Å². The molecule has 0 unspecified atom stereocenters. The third kappa shape index (κ3) is 5.62. The number of benzene rings is 2. The van der Waals surface area contributed by atoms with Crippen molar-refractivity contribution in [2.24, 2.45) is 0 Å². The van der Waals surface area contributed by atoms with Crippen molar-refractivity contribution in [1.82, 2.24) is 0 Å². The second-order valence-electron chi connectivity index (χ2n) is 6.27. The number of ether oxygens (including phenoxy) is 1. The Kier molecular flexibility index (Phi) is 6.78. The lowest BCUT2D eigenvalue weighted by Gasteiger charge is -2.21. The molecule has 2 amide bonds. The van der Waals surface area contributed by atoms with Gasteiger partial charge in [0, 0.05) is 31.3 Å². The van der Waals surface area contributed by atoms with E-state index in [1.54, 1.807) is 4.90 Å². The highest BCUT2D eigenvalue weighted by molar-refractivity contribution is 5.94. The van der Waals surface area contributed by atoms with Gasteiger partial charge in [0.05, 0.1) is 6.61 Å². The van der Waals surface area contributed by atoms with Crippen LogP contribution in [0.2, 0.25) is 0 Å². The summed E-state index contributed by atoms with van der Waals surface area (Å²) in [5.74, 6) is 0.535. The predicted molar refractivity (Wildman–Crippen MR) is 105 cm³/mol. The number of hydrogen-bond acceptors (Lipinski definition) is 3. The predicted octanol–water partition coefficient (Wildman–Crippen LogP) is 4.08. The molecule has 2 rings (SSSR count). The molecule has 0 aliphatic carbocycles. The first-order chi connectivity index (χ1) is 12.4. The number of hydrogen-bond donors (Lipinski definition) is 1. The van der Waals surface area contributed by atoms with Crippen LogP contribution in [0.4, 0.5) is 11.4 Å². The Morgan fingerprint density at radius 3 is 2.19 bits per heavy atom. The molecule has 0 atom stereocenters. The Hall–Kier alpha value is -2.82. The van der Waals surface area contributed by atoms with Crippen LogP contribution in [0.5, 0.6) is 5.75 Å². The molecule has 0 bridgehead atoms. The van der Waals surface area contributed by atoms with E-state index in [1.165, 1.54) is 6.92 Å². The maximum atomic E-state index is 12.3. The number of nitrogens with zero attached hydrogens (tertiary/aromatic N) is 1. The molecule has 5 heteroatoms. The van der Waals surface area contributed by atoms with Gasteiger partial charge in [-0.25, -0.2) is 0 Å². The van der Waals surface area contributed by atoms with Crippen LogP contribution in [-0.4, -0.2) is 25.0 Å². The number of rotatable bonds is 7. The second kappa shape index (κ2) is 9.04. The molecule has 0 saturated heterocycles. The van der Waals surface area contributed by atoms with Crippen LogP contribution >= 0.6 is 0 Å². The molecule has 0 radical (unpaired) electrons. The van der Waals surface area contributed by atoms with Gasteiger partial charge >= 0.3 is 0 Å². The van der Waals surface area contributed by atoms with Crippen molar-refractivity contribution in [3.8, 4) is 5.75 Å². The number of nitrogens with one attached hydrogen (secondary N) is 1. The van der Waals surface area contributed by atoms with Crippen molar-refractivity contribution in [2.75, 3.05) is 23.4 Å². The van der Waals surface area contributed by atoms with Crippen LogP contribution in [0, 0.1) is 13.8 Å². The van der Waals surface area contributed by atoms with Crippen LogP contribution in [0.25, 0.3) is 0 Å². The standard InChI is InChI=1S/C21H26N2O3/c1-5-26-20-8-6-19(7-9-20)23(17(4)24)11-10-21(25)22-18-13-15(2)12-16(3)14-18/h6-9,12-14H,5,10-11H2,1-4H3,(H,22,25). The molecule has 26 heavy (non-hydrogen) atoms. The van der Waals surface area contributed by atoms with E-state index >= 15 is 0 Å². The Balaban J connectivity index is 1.99. The number of aryl methyl sites for hydroxylation is 2. The van der Waals surface area contributed by atoms with Crippen molar-refractivity contribution in [3.05, 3.63) is 53.6 Å². The lowest BCUT2D eigenvalue weighted by molar-refractivity contribution is -0.117. The van der Waals surface area contributed by atoms with Crippen molar-refractivity contribution in [1.29, 1.82) is 0 Å². The smallest absolute Gasteiger partial charge is 0.226 e. The van der Waals surface area contributed by atoms with Gasteiger partial charge in [-0.2, -0.15) is 0 Å². The van der Waals surface area contributed by atoms with Gasteiger partial charge in [-0.1, -0.05) is 6.07 Å². The van der Waals surface area contributed by atoms with E-state index < -0.39 is 0 Å². The van der Waals surface area contributed by atoms with Gasteiger partial charge in [-0.05, 0) is 68.3 Å². The van der Waals surface area contributed by atoms with E-state index in [0.29, 0.717) is 13.2 Å². The van der Waals surface area contributed by atoms with Crippen LogP contribution in [0.15, 0.2) is 42.5 Å². The van der Waals surface area contributed by atoms with Gasteiger partial charge in [-0.15, -0.1) is 0 Å². The summed E-state index contributed by atoms with van der Waals surface area (Å²) in [6, 6.07) is 13.2. The molecule has 0 spiro atoms. The van der Waals surface area contributed by atoms with Gasteiger partial charge < -0.3 is 15.0 Å². The third-order valence-corrected chi connectivity index (χ3v) is 3.91. The molecule has 0 heterocycles. The summed E-state index contributed by atoms with van der Waals surface area (Å²) in [7, 11) is 0. The number of carbonyl (C=O) groups is 2. The highest BCUT2D eigenvalue weighted by atomic mass is 16.5. The highest BCUT2D eigenvalue weighted by Gasteiger charge is 2.14. The molecular formula is C21H26N2O3. The average molecular weight is 354 g/mol. The van der Waals surface area contributed by atoms with E-state index in [9.17, 15) is 9.59 Å². The highest BCUT2D eigenvalue weighted by Crippen LogP contribution is 2.20. The summed E-state index contributed by atoms with van der Waals surface area (Å²) in [4.78, 5) is 25.8. The fourth-order valence-corrected chi connectivity index (χ4v) is 2.84. The topological polar surface area (TPSA) is 58.6 Å². The fourth-order valence-electron chi connectivity index (χ4n) is 2.84. The maximum Gasteiger partial charge on any atom is 0.226 e. The normalized spacial score (nSPS) is 10.3. The van der Waals surface area contributed by atoms with Gasteiger partial charge in [0.25, 0.3) is 0 Å². The van der Waals surface area contributed by atoms with Gasteiger partial charge in [-0.3, -0.25) is 9.59 Å². The molecule has 2 aromatic carbocycles. The molecule has 2 aromatic rings. The second-order valence-corrected chi connectivity index (χ2v) is 6.27. The summed E-state index contributed by atoms with van der Waals surface area (Å²) in [6.07, 6.45) is 0.222. The zero-order chi connectivity index (χ0) is 19.1. The monoisotopic (exact) mass is 354 g/mol. The maximum absolute atomic E-state index is 12.3. The minimum Gasteiger partial charge on any atom is -0.494 e. The summed E-state index contributed by atoms with van der Waals surface area (Å²) in [6.45, 7) is 8.31. The molecule has 0 aliphatic rings. The minimum absolute atomic E-state index is 0.103. The van der Waals surface area contributed by atoms with Gasteiger partial charge in [0.1, 0.15) is 5.75 Å². The zero-order valence-corrected chi connectivity index (χ0v) is 15.8. The van der Waals surface area contributed by atoms with Crippen molar-refractivity contribution in [3.63, 3.8) is 0 Å². The lowest BCUT2D eigenvalue weighted by Crippen LogP contribution is -2.31. The van der Waals surface area contributed by atoms with Crippen LogP contribution in [0.3, 0.4) is 0 Å². The molecule has 0 fully saturated rings. The number of anilines is 2. The van der Waals surface area contributed by atoms with E-state index in [0.717, 1.165) is 28.3 Å². The molecule has 1 N–H and O–H groups in total. The average Bonchev–Trinajstić information content (AvgIpc) is 2.55. The summed E-state index contributed by atoms with van der Waals surface area (Å²) >= 11 is 0. The first-order valence-corrected chi connectivity index (χ1v) is 8.78. The first kappa shape index (κ1) is 19.5. The van der Waals surface area contributed by atoms with Crippen LogP contribution in [0.1, 0.15) is 31.4 Å². The van der Waals surface area contributed by atoms with Crippen molar-refractivity contribution >= 4 is 23.2 Å². The number of amides is 2. The van der Waals surface area contributed by atoms with E-state index in [1.807, 2.05) is 57.2 Å². The SMILES string of the molecule is CCOc1ccc(N(CCC(=O)Nc2cc(C)cc(C)c2)C(C)=O)cc1. The first-order valence-electron chi connectivity index (χ1n) is 8.78. The third-order valence-electron chi connectivity index (χ3n) is 3.91. The lowest BCUT2D eigenvalue weighted by atomic mass is 10.1.